The molecule has 210 valence electrons. The highest BCUT2D eigenvalue weighted by molar-refractivity contribution is 5.93. The molecule has 2 heterocycles. The first-order chi connectivity index (χ1) is 17.1. The van der Waals surface area contributed by atoms with E-state index in [0.29, 0.717) is 13.0 Å². The Morgan fingerprint density at radius 3 is 2.54 bits per heavy atom. The minimum absolute atomic E-state index is 0.0391. The molecule has 1 unspecified atom stereocenters. The summed E-state index contributed by atoms with van der Waals surface area (Å²) in [4.78, 5) is 29.2. The van der Waals surface area contributed by atoms with Crippen molar-refractivity contribution in [1.82, 2.24) is 10.2 Å². The van der Waals surface area contributed by atoms with Crippen LogP contribution in [0.25, 0.3) is 0 Å². The van der Waals surface area contributed by atoms with Crippen molar-refractivity contribution in [2.75, 3.05) is 34.4 Å². The van der Waals surface area contributed by atoms with E-state index in [1.165, 1.54) is 0 Å². The third kappa shape index (κ3) is 3.90. The normalized spacial score (nSPS) is 46.5. The first-order valence-corrected chi connectivity index (χ1v) is 13.1. The van der Waals surface area contributed by atoms with E-state index >= 15 is 0 Å². The van der Waals surface area contributed by atoms with Gasteiger partial charge in [0.25, 0.3) is 0 Å². The zero-order valence-corrected chi connectivity index (χ0v) is 23.5. The molecule has 1 spiro atoms. The van der Waals surface area contributed by atoms with Crippen molar-refractivity contribution >= 4 is 11.9 Å². The molecule has 1 amide bonds. The zero-order chi connectivity index (χ0) is 27.6. The van der Waals surface area contributed by atoms with Crippen molar-refractivity contribution in [3.63, 3.8) is 0 Å². The Balaban J connectivity index is 1.92. The summed E-state index contributed by atoms with van der Waals surface area (Å²) >= 11 is 0. The first kappa shape index (κ1) is 28.4. The summed E-state index contributed by atoms with van der Waals surface area (Å²) < 4.78 is 30.9. The number of Topliss-reactive ketones (excluding diaryl/α,β-unsaturated/α-hetero) is 1. The molecule has 10 nitrogen and oxygen atoms in total. The molecule has 4 aliphatic rings. The number of alkyl carbamates (subject to hydrolysis) is 1. The van der Waals surface area contributed by atoms with Crippen molar-refractivity contribution in [1.29, 1.82) is 0 Å². The van der Waals surface area contributed by atoms with Gasteiger partial charge >= 0.3 is 6.09 Å². The van der Waals surface area contributed by atoms with Crippen LogP contribution in [0.15, 0.2) is 12.7 Å². The van der Waals surface area contributed by atoms with Crippen LogP contribution in [0.4, 0.5) is 4.79 Å². The van der Waals surface area contributed by atoms with E-state index in [0.717, 1.165) is 6.42 Å². The van der Waals surface area contributed by atoms with E-state index in [1.54, 1.807) is 31.9 Å². The van der Waals surface area contributed by atoms with Crippen LogP contribution in [0.2, 0.25) is 0 Å². The van der Waals surface area contributed by atoms with E-state index in [9.17, 15) is 14.7 Å². The molecular formula is C27H44N2O8. The van der Waals surface area contributed by atoms with Crippen LogP contribution in [0, 0.1) is 16.7 Å². The first-order valence-electron chi connectivity index (χ1n) is 13.1. The monoisotopic (exact) mass is 524 g/mol. The number of rotatable bonds is 6. The highest BCUT2D eigenvalue weighted by Gasteiger charge is 2.84. The second-order valence-corrected chi connectivity index (χ2v) is 12.5. The Morgan fingerprint density at radius 1 is 1.27 bits per heavy atom. The summed E-state index contributed by atoms with van der Waals surface area (Å²) in [5.74, 6) is -0.644. The molecule has 2 aliphatic heterocycles. The van der Waals surface area contributed by atoms with Crippen LogP contribution in [-0.4, -0.2) is 97.8 Å². The minimum Gasteiger partial charge on any atom is -0.443 e. The van der Waals surface area contributed by atoms with Gasteiger partial charge in [0.05, 0.1) is 18.3 Å². The number of amides is 1. The third-order valence-electron chi connectivity index (χ3n) is 9.45. The molecule has 0 aromatic rings. The second-order valence-electron chi connectivity index (χ2n) is 12.5. The van der Waals surface area contributed by atoms with Crippen LogP contribution in [0.5, 0.6) is 0 Å². The van der Waals surface area contributed by atoms with Gasteiger partial charge in [0, 0.05) is 31.4 Å². The topological polar surface area (TPSA) is 116 Å². The van der Waals surface area contributed by atoms with Gasteiger partial charge in [0.1, 0.15) is 17.8 Å². The lowest BCUT2D eigenvalue weighted by atomic mass is 9.39. The molecule has 10 heteroatoms. The van der Waals surface area contributed by atoms with Gasteiger partial charge < -0.3 is 34.1 Å². The van der Waals surface area contributed by atoms with E-state index in [4.69, 9.17) is 23.7 Å². The number of ketones is 1. The van der Waals surface area contributed by atoms with Gasteiger partial charge in [0.15, 0.2) is 11.4 Å². The van der Waals surface area contributed by atoms with Crippen molar-refractivity contribution in [3.05, 3.63) is 12.7 Å². The summed E-state index contributed by atoms with van der Waals surface area (Å²) in [6, 6.07) is 0. The summed E-state index contributed by atoms with van der Waals surface area (Å²) in [5.41, 5.74) is -5.57. The lowest BCUT2D eigenvalue weighted by molar-refractivity contribution is -0.456. The fourth-order valence-corrected chi connectivity index (χ4v) is 7.85. The molecule has 37 heavy (non-hydrogen) atoms. The molecule has 9 atom stereocenters. The fraction of sp³-hybridized carbons (Fsp3) is 0.852. The van der Waals surface area contributed by atoms with Gasteiger partial charge in [0.2, 0.25) is 6.41 Å². The molecule has 2 saturated heterocycles. The smallest absolute Gasteiger partial charge is 0.407 e. The van der Waals surface area contributed by atoms with Crippen molar-refractivity contribution in [3.8, 4) is 0 Å². The number of carbonyl (C=O) groups excluding carboxylic acids is 2. The van der Waals surface area contributed by atoms with Crippen LogP contribution < -0.4 is 5.32 Å². The molecule has 0 bridgehead atoms. The molecule has 2 saturated carbocycles. The number of hydrogen-bond donors (Lipinski definition) is 2. The average molecular weight is 525 g/mol. The Bertz CT molecular complexity index is 941. The Hall–Kier alpha value is -1.56. The summed E-state index contributed by atoms with van der Waals surface area (Å²) in [6.45, 7) is 14.1. The molecule has 4 rings (SSSR count). The summed E-state index contributed by atoms with van der Waals surface area (Å²) in [5, 5.41) is 14.8. The number of carbonyl (C=O) groups is 2. The van der Waals surface area contributed by atoms with Gasteiger partial charge in [-0.2, -0.15) is 0 Å². The van der Waals surface area contributed by atoms with Gasteiger partial charge in [-0.25, -0.2) is 4.79 Å². The molecular weight excluding hydrogens is 480 g/mol. The number of methoxy groups -OCH3 is 1. The highest BCUT2D eigenvalue weighted by Crippen LogP contribution is 2.70. The Morgan fingerprint density at radius 2 is 1.95 bits per heavy atom. The maximum atomic E-state index is 14.5. The number of hydrogen-bond acceptors (Lipinski definition) is 9. The fourth-order valence-electron chi connectivity index (χ4n) is 7.85. The van der Waals surface area contributed by atoms with E-state index in [-0.39, 0.29) is 18.7 Å². The van der Waals surface area contributed by atoms with Crippen LogP contribution in [0.3, 0.4) is 0 Å². The van der Waals surface area contributed by atoms with Crippen LogP contribution in [-0.2, 0) is 28.5 Å². The highest BCUT2D eigenvalue weighted by atomic mass is 16.7. The largest absolute Gasteiger partial charge is 0.443 e. The summed E-state index contributed by atoms with van der Waals surface area (Å²) in [7, 11) is 5.19. The molecule has 2 N–H and O–H groups in total. The molecule has 0 aromatic heterocycles. The number of nitrogens with one attached hydrogen (secondary N) is 1. The molecule has 4 fully saturated rings. The van der Waals surface area contributed by atoms with Gasteiger partial charge in [-0.15, -0.1) is 6.58 Å². The van der Waals surface area contributed by atoms with Crippen molar-refractivity contribution in [2.45, 2.75) is 95.4 Å². The Labute approximate surface area is 220 Å². The minimum atomic E-state index is -1.57. The zero-order valence-electron chi connectivity index (χ0n) is 23.5. The molecule has 0 radical (unpaired) electrons. The maximum absolute atomic E-state index is 14.5. The predicted molar refractivity (Wildman–Crippen MR) is 135 cm³/mol. The number of aliphatic hydroxyl groups is 1. The molecule has 0 aromatic carbocycles. The van der Waals surface area contributed by atoms with Crippen LogP contribution in [0.1, 0.15) is 53.9 Å². The molecule has 2 aliphatic carbocycles. The van der Waals surface area contributed by atoms with Gasteiger partial charge in [-0.3, -0.25) is 9.69 Å². The van der Waals surface area contributed by atoms with Crippen molar-refractivity contribution < 1.29 is 38.4 Å². The lowest BCUT2D eigenvalue weighted by Crippen LogP contribution is -2.89. The Kier molecular flexibility index (Phi) is 7.13. The van der Waals surface area contributed by atoms with E-state index < -0.39 is 64.4 Å². The maximum Gasteiger partial charge on any atom is 0.407 e. The quantitative estimate of drug-likeness (QED) is 0.399. The van der Waals surface area contributed by atoms with Crippen LogP contribution >= 0.6 is 0 Å². The SMILES string of the molecule is C=C[C@@]1(C)CC(=O)[C@@]23OC(N(C)C)O[C@H]4CCC(C)(C)[C@H]([C@H](OC(=O)NCCOC)[C@H](O)[C@@]2(C)O1)[C@]43C. The second kappa shape index (κ2) is 9.27. The average Bonchev–Trinajstić information content (AvgIpc) is 2.80. The third-order valence-corrected chi connectivity index (χ3v) is 9.45. The van der Waals surface area contributed by atoms with Gasteiger partial charge in [-0.1, -0.05) is 26.8 Å². The van der Waals surface area contributed by atoms with Gasteiger partial charge in [-0.05, 0) is 46.2 Å². The predicted octanol–water partition coefficient (Wildman–Crippen LogP) is 2.24. The number of aliphatic hydroxyl groups excluding tert-OH is 1. The lowest BCUT2D eigenvalue weighted by Gasteiger charge is -2.74. The van der Waals surface area contributed by atoms with E-state index in [1.807, 2.05) is 21.0 Å². The number of ether oxygens (including phenoxy) is 5. The van der Waals surface area contributed by atoms with E-state index in [2.05, 4.69) is 25.7 Å². The number of nitrogens with zero attached hydrogens (tertiary/aromatic N) is 1. The standard InChI is InChI=1S/C27H44N2O8/c1-10-24(4)15-16(30)27-25(5)17(34-22(36-27)29(7)8)11-12-23(2,3)19(25)18(20(31)26(27,6)37-24)35-21(32)28-13-14-33-9/h10,17-20,22,31H,1,11-15H2,2-9H3,(H,28,32)/t17-,18-,19-,20-,22?,24-,25-,26+,27-/m0/s1. The van der Waals surface area contributed by atoms with Crippen molar-refractivity contribution in [2.24, 2.45) is 16.7 Å². The summed E-state index contributed by atoms with van der Waals surface area (Å²) in [6.07, 6.45) is -1.20.